The van der Waals surface area contributed by atoms with Crippen molar-refractivity contribution in [2.45, 2.75) is 12.8 Å². The summed E-state index contributed by atoms with van der Waals surface area (Å²) < 4.78 is 46.1. The minimum Gasteiger partial charge on any atom is -0.459 e. The van der Waals surface area contributed by atoms with E-state index in [1.165, 1.54) is 0 Å². The van der Waals surface area contributed by atoms with Crippen LogP contribution in [0.1, 0.15) is 11.1 Å². The summed E-state index contributed by atoms with van der Waals surface area (Å²) in [7, 11) is 0. The Labute approximate surface area is 161 Å². The lowest BCUT2D eigenvalue weighted by Crippen LogP contribution is -2.12. The van der Waals surface area contributed by atoms with Gasteiger partial charge in [-0.05, 0) is 46.4 Å². The SMILES string of the molecule is FC(F)(F)c1cnc(OCc2ccccc2)nc1Nc1cccc(I)c1. The van der Waals surface area contributed by atoms with Crippen LogP contribution in [0.15, 0.2) is 60.8 Å². The van der Waals surface area contributed by atoms with Crippen LogP contribution in [0.25, 0.3) is 0 Å². The number of aromatic nitrogens is 2. The van der Waals surface area contributed by atoms with Gasteiger partial charge < -0.3 is 10.1 Å². The Hall–Kier alpha value is -2.36. The first kappa shape index (κ1) is 18.4. The van der Waals surface area contributed by atoms with Crippen LogP contribution >= 0.6 is 22.6 Å². The van der Waals surface area contributed by atoms with Crippen molar-refractivity contribution in [3.05, 3.63) is 75.5 Å². The molecule has 1 N–H and O–H groups in total. The Balaban J connectivity index is 1.86. The molecule has 3 rings (SSSR count). The molecule has 8 heteroatoms. The minimum atomic E-state index is -4.58. The number of rotatable bonds is 5. The molecule has 0 saturated heterocycles. The topological polar surface area (TPSA) is 47.0 Å². The summed E-state index contributed by atoms with van der Waals surface area (Å²) in [6, 6.07) is 16.1. The molecule has 0 aliphatic rings. The molecule has 0 fully saturated rings. The van der Waals surface area contributed by atoms with E-state index in [2.05, 4.69) is 37.9 Å². The van der Waals surface area contributed by atoms with Gasteiger partial charge in [0.05, 0.1) is 0 Å². The molecule has 0 radical (unpaired) electrons. The van der Waals surface area contributed by atoms with Crippen LogP contribution < -0.4 is 10.1 Å². The Bertz CT molecular complexity index is 888. The van der Waals surface area contributed by atoms with Gasteiger partial charge in [-0.25, -0.2) is 4.98 Å². The largest absolute Gasteiger partial charge is 0.459 e. The lowest BCUT2D eigenvalue weighted by Gasteiger charge is -2.14. The highest BCUT2D eigenvalue weighted by atomic mass is 127. The average molecular weight is 471 g/mol. The molecular formula is C18H13F3IN3O. The van der Waals surface area contributed by atoms with Crippen LogP contribution in [0.4, 0.5) is 24.7 Å². The molecule has 0 aliphatic heterocycles. The highest BCUT2D eigenvalue weighted by Crippen LogP contribution is 2.35. The van der Waals surface area contributed by atoms with E-state index in [9.17, 15) is 13.2 Å². The average Bonchev–Trinajstić information content (AvgIpc) is 2.60. The number of hydrogen-bond acceptors (Lipinski definition) is 4. The second kappa shape index (κ2) is 7.90. The van der Waals surface area contributed by atoms with Crippen molar-refractivity contribution in [3.8, 4) is 6.01 Å². The van der Waals surface area contributed by atoms with Crippen molar-refractivity contribution < 1.29 is 17.9 Å². The Morgan fingerprint density at radius 2 is 1.81 bits per heavy atom. The summed E-state index contributed by atoms with van der Waals surface area (Å²) in [6.07, 6.45) is -3.86. The van der Waals surface area contributed by atoms with Gasteiger partial charge in [0, 0.05) is 15.5 Å². The van der Waals surface area contributed by atoms with E-state index in [-0.39, 0.29) is 18.4 Å². The molecule has 1 heterocycles. The van der Waals surface area contributed by atoms with E-state index in [0.717, 1.165) is 15.3 Å². The fraction of sp³-hybridized carbons (Fsp3) is 0.111. The quantitative estimate of drug-likeness (QED) is 0.505. The number of benzene rings is 2. The second-order valence-electron chi connectivity index (χ2n) is 5.32. The van der Waals surface area contributed by atoms with Crippen LogP contribution in [0.2, 0.25) is 0 Å². The zero-order valence-corrected chi connectivity index (χ0v) is 15.5. The predicted octanol–water partition coefficient (Wildman–Crippen LogP) is 5.42. The molecule has 4 nitrogen and oxygen atoms in total. The van der Waals surface area contributed by atoms with Crippen molar-refractivity contribution in [1.29, 1.82) is 0 Å². The van der Waals surface area contributed by atoms with Crippen LogP contribution in [0.5, 0.6) is 6.01 Å². The number of ether oxygens (including phenoxy) is 1. The first-order valence-electron chi connectivity index (χ1n) is 7.55. The molecule has 0 atom stereocenters. The Morgan fingerprint density at radius 3 is 2.50 bits per heavy atom. The molecule has 2 aromatic carbocycles. The number of halogens is 4. The van der Waals surface area contributed by atoms with Crippen LogP contribution in [0.3, 0.4) is 0 Å². The highest BCUT2D eigenvalue weighted by Gasteiger charge is 2.35. The van der Waals surface area contributed by atoms with E-state index < -0.39 is 11.7 Å². The van der Waals surface area contributed by atoms with Gasteiger partial charge >= 0.3 is 12.2 Å². The summed E-state index contributed by atoms with van der Waals surface area (Å²) in [4.78, 5) is 7.60. The minimum absolute atomic E-state index is 0.130. The van der Waals surface area contributed by atoms with Gasteiger partial charge in [0.15, 0.2) is 0 Å². The molecule has 0 spiro atoms. The third kappa shape index (κ3) is 4.84. The van der Waals surface area contributed by atoms with E-state index in [1.807, 2.05) is 36.4 Å². The molecule has 0 bridgehead atoms. The summed E-state index contributed by atoms with van der Waals surface area (Å²) in [5.74, 6) is -0.349. The summed E-state index contributed by atoms with van der Waals surface area (Å²) in [5.41, 5.74) is 0.404. The number of nitrogens with zero attached hydrogens (tertiary/aromatic N) is 2. The maximum Gasteiger partial charge on any atom is 0.421 e. The van der Waals surface area contributed by atoms with Gasteiger partial charge in [-0.15, -0.1) is 0 Å². The molecule has 0 amide bonds. The van der Waals surface area contributed by atoms with Gasteiger partial charge in [-0.1, -0.05) is 36.4 Å². The monoisotopic (exact) mass is 471 g/mol. The number of alkyl halides is 3. The van der Waals surface area contributed by atoms with Crippen molar-refractivity contribution in [3.63, 3.8) is 0 Å². The van der Waals surface area contributed by atoms with Crippen molar-refractivity contribution >= 4 is 34.1 Å². The van der Waals surface area contributed by atoms with Crippen molar-refractivity contribution in [2.75, 3.05) is 5.32 Å². The van der Waals surface area contributed by atoms with Crippen LogP contribution in [0, 0.1) is 3.57 Å². The molecule has 0 unspecified atom stereocenters. The molecule has 3 aromatic rings. The predicted molar refractivity (Wildman–Crippen MR) is 100 cm³/mol. The normalized spacial score (nSPS) is 11.2. The third-order valence-electron chi connectivity index (χ3n) is 3.37. The van der Waals surface area contributed by atoms with Gasteiger partial charge in [0.2, 0.25) is 0 Å². The van der Waals surface area contributed by atoms with Crippen molar-refractivity contribution in [2.24, 2.45) is 0 Å². The number of nitrogens with one attached hydrogen (secondary N) is 1. The lowest BCUT2D eigenvalue weighted by molar-refractivity contribution is -0.137. The smallest absolute Gasteiger partial charge is 0.421 e. The zero-order chi connectivity index (χ0) is 18.6. The summed E-state index contributed by atoms with van der Waals surface area (Å²) >= 11 is 2.08. The van der Waals surface area contributed by atoms with Gasteiger partial charge in [-0.2, -0.15) is 18.2 Å². The third-order valence-corrected chi connectivity index (χ3v) is 4.04. The van der Waals surface area contributed by atoms with Crippen LogP contribution in [-0.4, -0.2) is 9.97 Å². The van der Waals surface area contributed by atoms with E-state index in [0.29, 0.717) is 5.69 Å². The molecule has 134 valence electrons. The van der Waals surface area contributed by atoms with Crippen LogP contribution in [-0.2, 0) is 12.8 Å². The molecule has 1 aromatic heterocycles. The maximum absolute atomic E-state index is 13.3. The highest BCUT2D eigenvalue weighted by molar-refractivity contribution is 14.1. The first-order chi connectivity index (χ1) is 12.4. The van der Waals surface area contributed by atoms with E-state index in [1.54, 1.807) is 18.2 Å². The zero-order valence-electron chi connectivity index (χ0n) is 13.3. The molecule has 0 saturated carbocycles. The number of hydrogen-bond donors (Lipinski definition) is 1. The fourth-order valence-electron chi connectivity index (χ4n) is 2.16. The molecule has 0 aliphatic carbocycles. The number of anilines is 2. The Morgan fingerprint density at radius 1 is 1.04 bits per heavy atom. The van der Waals surface area contributed by atoms with E-state index in [4.69, 9.17) is 4.74 Å². The van der Waals surface area contributed by atoms with Gasteiger partial charge in [-0.3, -0.25) is 0 Å². The van der Waals surface area contributed by atoms with Crippen molar-refractivity contribution in [1.82, 2.24) is 9.97 Å². The summed E-state index contributed by atoms with van der Waals surface area (Å²) in [6.45, 7) is 0.162. The van der Waals surface area contributed by atoms with E-state index >= 15 is 0 Å². The fourth-order valence-corrected chi connectivity index (χ4v) is 2.71. The van der Waals surface area contributed by atoms with Gasteiger partial charge in [0.1, 0.15) is 18.0 Å². The second-order valence-corrected chi connectivity index (χ2v) is 6.57. The lowest BCUT2D eigenvalue weighted by atomic mass is 10.2. The standard InChI is InChI=1S/C18H13F3IN3O/c19-18(20,21)15-10-23-17(26-11-12-5-2-1-3-6-12)25-16(15)24-14-8-4-7-13(22)9-14/h1-10H,11H2,(H,23,24,25). The summed E-state index contributed by atoms with van der Waals surface area (Å²) in [5, 5.41) is 2.70. The molecule has 26 heavy (non-hydrogen) atoms. The first-order valence-corrected chi connectivity index (χ1v) is 8.63. The maximum atomic E-state index is 13.3. The van der Waals surface area contributed by atoms with Gasteiger partial charge in [0.25, 0.3) is 0 Å². The molecular weight excluding hydrogens is 458 g/mol. The Kier molecular flexibility index (Phi) is 5.60.